The van der Waals surface area contributed by atoms with Gasteiger partial charge in [0.2, 0.25) is 5.76 Å². The standard InChI is InChI=1S/C24H17FN2O3/c1-13-10-11-18-16(12-13)22(28)20-21(15-7-3-4-8-17(15)25)27(24(29)23(20)30-18)19-9-5-6-14(2)26-19/h3-12,21H,1-2H3/t21-/m1/s1. The van der Waals surface area contributed by atoms with Crippen molar-refractivity contribution in [2.45, 2.75) is 19.9 Å². The lowest BCUT2D eigenvalue weighted by atomic mass is 9.97. The minimum Gasteiger partial charge on any atom is -0.450 e. The van der Waals surface area contributed by atoms with E-state index in [1.54, 1.807) is 55.5 Å². The Labute approximate surface area is 171 Å². The third-order valence-electron chi connectivity index (χ3n) is 5.35. The molecule has 0 bridgehead atoms. The van der Waals surface area contributed by atoms with Crippen LogP contribution in [0.4, 0.5) is 10.2 Å². The molecule has 6 heteroatoms. The van der Waals surface area contributed by atoms with E-state index < -0.39 is 17.8 Å². The van der Waals surface area contributed by atoms with Crippen LogP contribution in [0.3, 0.4) is 0 Å². The summed E-state index contributed by atoms with van der Waals surface area (Å²) in [6, 6.07) is 15.6. The zero-order valence-corrected chi connectivity index (χ0v) is 16.3. The van der Waals surface area contributed by atoms with Crippen LogP contribution >= 0.6 is 0 Å². The number of fused-ring (bicyclic) bond motifs is 2. The van der Waals surface area contributed by atoms with Gasteiger partial charge in [-0.2, -0.15) is 0 Å². The smallest absolute Gasteiger partial charge is 0.296 e. The number of nitrogens with zero attached hydrogens (tertiary/aromatic N) is 2. The summed E-state index contributed by atoms with van der Waals surface area (Å²) in [5.41, 5.74) is 1.91. The molecule has 2 aromatic heterocycles. The molecule has 5 nitrogen and oxygen atoms in total. The van der Waals surface area contributed by atoms with Gasteiger partial charge in [0, 0.05) is 11.3 Å². The van der Waals surface area contributed by atoms with Crippen LogP contribution in [0.5, 0.6) is 0 Å². The maximum absolute atomic E-state index is 14.8. The monoisotopic (exact) mass is 400 g/mol. The summed E-state index contributed by atoms with van der Waals surface area (Å²) in [7, 11) is 0. The number of carbonyl (C=O) groups is 1. The van der Waals surface area contributed by atoms with Gasteiger partial charge in [-0.1, -0.05) is 35.9 Å². The van der Waals surface area contributed by atoms with Gasteiger partial charge in [-0.3, -0.25) is 14.5 Å². The van der Waals surface area contributed by atoms with Crippen LogP contribution in [0, 0.1) is 19.7 Å². The van der Waals surface area contributed by atoms with Crippen LogP contribution in [-0.4, -0.2) is 10.9 Å². The van der Waals surface area contributed by atoms with E-state index in [-0.39, 0.29) is 22.3 Å². The zero-order valence-electron chi connectivity index (χ0n) is 16.3. The Hall–Kier alpha value is -3.80. The lowest BCUT2D eigenvalue weighted by Gasteiger charge is -2.24. The molecule has 0 fully saturated rings. The SMILES string of the molecule is Cc1ccc2oc3c(c(=O)c2c1)[C@@H](c1ccccc1F)N(c1cccc(C)n1)C3=O. The highest BCUT2D eigenvalue weighted by atomic mass is 19.1. The maximum atomic E-state index is 14.8. The number of benzene rings is 2. The van der Waals surface area contributed by atoms with Crippen molar-refractivity contribution in [2.75, 3.05) is 4.90 Å². The third kappa shape index (κ3) is 2.64. The number of rotatable bonds is 2. The van der Waals surface area contributed by atoms with Crippen molar-refractivity contribution in [1.82, 2.24) is 4.98 Å². The average Bonchev–Trinajstić information content (AvgIpc) is 3.01. The number of pyridine rings is 1. The van der Waals surface area contributed by atoms with E-state index in [9.17, 15) is 14.0 Å². The molecule has 148 valence electrons. The summed E-state index contributed by atoms with van der Waals surface area (Å²) in [4.78, 5) is 32.7. The number of carbonyl (C=O) groups excluding carboxylic acids is 1. The number of halogens is 1. The second kappa shape index (κ2) is 6.62. The summed E-state index contributed by atoms with van der Waals surface area (Å²) in [5, 5.41) is 0.363. The molecule has 0 saturated heterocycles. The molecular formula is C24H17FN2O3. The topological polar surface area (TPSA) is 63.4 Å². The van der Waals surface area contributed by atoms with E-state index in [4.69, 9.17) is 4.42 Å². The van der Waals surface area contributed by atoms with Crippen LogP contribution in [0.25, 0.3) is 11.0 Å². The Bertz CT molecular complexity index is 1390. The van der Waals surface area contributed by atoms with Crippen molar-refractivity contribution >= 4 is 22.7 Å². The van der Waals surface area contributed by atoms with Crippen molar-refractivity contribution in [3.05, 3.63) is 105 Å². The van der Waals surface area contributed by atoms with Gasteiger partial charge in [-0.25, -0.2) is 9.37 Å². The number of aromatic nitrogens is 1. The quantitative estimate of drug-likeness (QED) is 0.490. The number of anilines is 1. The fourth-order valence-electron chi connectivity index (χ4n) is 3.98. The first-order chi connectivity index (χ1) is 14.5. The summed E-state index contributed by atoms with van der Waals surface area (Å²) < 4.78 is 20.7. The lowest BCUT2D eigenvalue weighted by Crippen LogP contribution is -2.31. The van der Waals surface area contributed by atoms with E-state index in [1.165, 1.54) is 11.0 Å². The van der Waals surface area contributed by atoms with Gasteiger partial charge < -0.3 is 4.42 Å². The van der Waals surface area contributed by atoms with Gasteiger partial charge in [0.05, 0.1) is 17.0 Å². The minimum absolute atomic E-state index is 0.0760. The molecule has 0 N–H and O–H groups in total. The molecule has 4 aromatic rings. The van der Waals surface area contributed by atoms with E-state index >= 15 is 0 Å². The second-order valence-electron chi connectivity index (χ2n) is 7.41. The maximum Gasteiger partial charge on any atom is 0.296 e. The average molecular weight is 400 g/mol. The molecule has 3 heterocycles. The molecule has 0 unspecified atom stereocenters. The largest absolute Gasteiger partial charge is 0.450 e. The lowest BCUT2D eigenvalue weighted by molar-refractivity contribution is 0.0970. The molecule has 1 amide bonds. The number of amides is 1. The second-order valence-corrected chi connectivity index (χ2v) is 7.41. The molecule has 0 spiro atoms. The third-order valence-corrected chi connectivity index (χ3v) is 5.35. The summed E-state index contributed by atoms with van der Waals surface area (Å²) in [6.45, 7) is 3.67. The van der Waals surface area contributed by atoms with Crippen LogP contribution < -0.4 is 10.3 Å². The molecule has 5 rings (SSSR count). The molecule has 1 atom stereocenters. The number of aryl methyl sites for hydroxylation is 2. The van der Waals surface area contributed by atoms with Gasteiger partial charge in [-0.05, 0) is 44.2 Å². The highest BCUT2D eigenvalue weighted by Crippen LogP contribution is 2.41. The number of hydrogen-bond acceptors (Lipinski definition) is 4. The van der Waals surface area contributed by atoms with Crippen LogP contribution in [-0.2, 0) is 0 Å². The predicted octanol–water partition coefficient (Wildman–Crippen LogP) is 4.69. The highest BCUT2D eigenvalue weighted by Gasteiger charge is 2.45. The van der Waals surface area contributed by atoms with Crippen molar-refractivity contribution in [1.29, 1.82) is 0 Å². The Balaban J connectivity index is 1.86. The Kier molecular flexibility index (Phi) is 4.03. The highest BCUT2D eigenvalue weighted by molar-refractivity contribution is 6.10. The normalized spacial score (nSPS) is 15.6. The van der Waals surface area contributed by atoms with Crippen molar-refractivity contribution in [2.24, 2.45) is 0 Å². The predicted molar refractivity (Wildman–Crippen MR) is 111 cm³/mol. The van der Waals surface area contributed by atoms with Gasteiger partial charge in [0.25, 0.3) is 5.91 Å². The zero-order chi connectivity index (χ0) is 21.0. The molecular weight excluding hydrogens is 383 g/mol. The molecule has 0 saturated carbocycles. The van der Waals surface area contributed by atoms with E-state index in [1.807, 2.05) is 13.0 Å². The van der Waals surface area contributed by atoms with Crippen molar-refractivity contribution in [3.63, 3.8) is 0 Å². The molecule has 0 aliphatic carbocycles. The summed E-state index contributed by atoms with van der Waals surface area (Å²) in [6.07, 6.45) is 0. The molecule has 0 radical (unpaired) electrons. The molecule has 1 aliphatic rings. The van der Waals surface area contributed by atoms with Gasteiger partial charge in [0.1, 0.15) is 17.2 Å². The molecule has 2 aromatic carbocycles. The van der Waals surface area contributed by atoms with Crippen molar-refractivity contribution in [3.8, 4) is 0 Å². The molecule has 30 heavy (non-hydrogen) atoms. The van der Waals surface area contributed by atoms with Gasteiger partial charge in [-0.15, -0.1) is 0 Å². The first kappa shape index (κ1) is 18.2. The van der Waals surface area contributed by atoms with Crippen LogP contribution in [0.15, 0.2) is 69.9 Å². The van der Waals surface area contributed by atoms with Crippen molar-refractivity contribution < 1.29 is 13.6 Å². The number of hydrogen-bond donors (Lipinski definition) is 0. The van der Waals surface area contributed by atoms with E-state index in [2.05, 4.69) is 4.98 Å². The fraction of sp³-hybridized carbons (Fsp3) is 0.125. The molecule has 1 aliphatic heterocycles. The van der Waals surface area contributed by atoms with Crippen LogP contribution in [0.2, 0.25) is 0 Å². The first-order valence-electron chi connectivity index (χ1n) is 9.54. The Morgan fingerprint density at radius 3 is 2.57 bits per heavy atom. The Morgan fingerprint density at radius 2 is 1.80 bits per heavy atom. The minimum atomic E-state index is -0.968. The van der Waals surface area contributed by atoms with E-state index in [0.29, 0.717) is 22.5 Å². The first-order valence-corrected chi connectivity index (χ1v) is 9.54. The van der Waals surface area contributed by atoms with E-state index in [0.717, 1.165) is 5.56 Å². The van der Waals surface area contributed by atoms with Gasteiger partial charge >= 0.3 is 0 Å². The summed E-state index contributed by atoms with van der Waals surface area (Å²) >= 11 is 0. The van der Waals surface area contributed by atoms with Crippen LogP contribution in [0.1, 0.15) is 39.0 Å². The van der Waals surface area contributed by atoms with Gasteiger partial charge in [0.15, 0.2) is 5.43 Å². The summed E-state index contributed by atoms with van der Waals surface area (Å²) in [5.74, 6) is -0.771. The fourth-order valence-corrected chi connectivity index (χ4v) is 3.98. The Morgan fingerprint density at radius 1 is 1.00 bits per heavy atom.